The molecule has 4 aromatic rings. The average Bonchev–Trinajstić information content (AvgIpc) is 2.97. The third-order valence-corrected chi connectivity index (χ3v) is 5.76. The largest absolute Gasteiger partial charge is 0.489 e. The molecule has 196 valence electrons. The van der Waals surface area contributed by atoms with Crippen LogP contribution in [0.15, 0.2) is 120 Å². The molecular weight excluding hydrogens is 488 g/mol. The van der Waals surface area contributed by atoms with Crippen LogP contribution in [0.5, 0.6) is 5.75 Å². The second-order valence-corrected chi connectivity index (χ2v) is 8.91. The number of carbonyl (C=O) groups excluding carboxylic acids is 2. The molecule has 39 heavy (non-hydrogen) atoms. The lowest BCUT2D eigenvalue weighted by Crippen LogP contribution is -2.32. The van der Waals surface area contributed by atoms with Crippen molar-refractivity contribution in [2.45, 2.75) is 6.61 Å². The van der Waals surface area contributed by atoms with Crippen molar-refractivity contribution in [1.29, 1.82) is 0 Å². The van der Waals surface area contributed by atoms with E-state index in [4.69, 9.17) is 4.74 Å². The Labute approximate surface area is 228 Å². The van der Waals surface area contributed by atoms with Gasteiger partial charge in [0.15, 0.2) is 0 Å². The molecule has 2 N–H and O–H groups in total. The van der Waals surface area contributed by atoms with Crippen LogP contribution < -0.4 is 20.4 Å². The Hall–Kier alpha value is -5.17. The van der Waals surface area contributed by atoms with Crippen molar-refractivity contribution in [3.05, 3.63) is 137 Å². The first-order valence-electron chi connectivity index (χ1n) is 12.4. The van der Waals surface area contributed by atoms with E-state index in [1.807, 2.05) is 104 Å². The van der Waals surface area contributed by atoms with Gasteiger partial charge in [0.2, 0.25) is 0 Å². The Bertz CT molecular complexity index is 1430. The zero-order valence-corrected chi connectivity index (χ0v) is 21.9. The minimum Gasteiger partial charge on any atom is -0.489 e. The first kappa shape index (κ1) is 26.9. The van der Waals surface area contributed by atoms with E-state index in [1.165, 1.54) is 6.21 Å². The molecule has 0 saturated heterocycles. The van der Waals surface area contributed by atoms with Gasteiger partial charge >= 0.3 is 0 Å². The predicted molar refractivity (Wildman–Crippen MR) is 156 cm³/mol. The minimum atomic E-state index is -0.546. The molecule has 7 heteroatoms. The van der Waals surface area contributed by atoms with Gasteiger partial charge in [0.25, 0.3) is 11.8 Å². The van der Waals surface area contributed by atoms with Crippen molar-refractivity contribution in [3.8, 4) is 5.75 Å². The van der Waals surface area contributed by atoms with Crippen LogP contribution in [0, 0.1) is 0 Å². The molecule has 4 aromatic carbocycles. The highest BCUT2D eigenvalue weighted by Gasteiger charge is 2.14. The van der Waals surface area contributed by atoms with Gasteiger partial charge in [0.05, 0.1) is 6.21 Å². The van der Waals surface area contributed by atoms with Gasteiger partial charge in [-0.1, -0.05) is 60.7 Å². The lowest BCUT2D eigenvalue weighted by molar-refractivity contribution is -0.117. The number of nitrogens with one attached hydrogen (secondary N) is 2. The standard InChI is InChI=1S/C32H30N4O3/c1-36(2)28-17-13-24(14-18-28)21-30(34-31(37)27-11-7-4-8-12-27)32(38)35-33-22-25-15-19-29(20-16-25)39-23-26-9-5-3-6-10-26/h3-22H,23H2,1-2H3,(H,34,37)(H,35,38)/b30-21-,33-22+. The van der Waals surface area contributed by atoms with E-state index in [-0.39, 0.29) is 5.70 Å². The summed E-state index contributed by atoms with van der Waals surface area (Å²) in [7, 11) is 3.90. The Kier molecular flexibility index (Phi) is 9.23. The summed E-state index contributed by atoms with van der Waals surface area (Å²) in [6.07, 6.45) is 3.14. The maximum absolute atomic E-state index is 13.0. The summed E-state index contributed by atoms with van der Waals surface area (Å²) in [5, 5.41) is 6.79. The van der Waals surface area contributed by atoms with Crippen molar-refractivity contribution in [1.82, 2.24) is 10.7 Å². The number of benzene rings is 4. The summed E-state index contributed by atoms with van der Waals surface area (Å²) in [5.74, 6) is -0.207. The minimum absolute atomic E-state index is 0.0725. The molecular formula is C32H30N4O3. The maximum atomic E-state index is 13.0. The fraction of sp³-hybridized carbons (Fsp3) is 0.0938. The van der Waals surface area contributed by atoms with Crippen molar-refractivity contribution in [2.24, 2.45) is 5.10 Å². The van der Waals surface area contributed by atoms with E-state index in [9.17, 15) is 9.59 Å². The fourth-order valence-electron chi connectivity index (χ4n) is 3.59. The normalized spacial score (nSPS) is 11.2. The van der Waals surface area contributed by atoms with E-state index in [2.05, 4.69) is 15.8 Å². The molecule has 0 heterocycles. The maximum Gasteiger partial charge on any atom is 0.287 e. The van der Waals surface area contributed by atoms with Gasteiger partial charge in [-0.25, -0.2) is 5.43 Å². The van der Waals surface area contributed by atoms with Crippen LogP contribution in [0.3, 0.4) is 0 Å². The van der Waals surface area contributed by atoms with Crippen LogP contribution >= 0.6 is 0 Å². The van der Waals surface area contributed by atoms with E-state index >= 15 is 0 Å². The number of carbonyl (C=O) groups is 2. The van der Waals surface area contributed by atoms with Gasteiger partial charge in [-0.15, -0.1) is 0 Å². The van der Waals surface area contributed by atoms with Gasteiger partial charge in [0.1, 0.15) is 18.1 Å². The molecule has 2 amide bonds. The van der Waals surface area contributed by atoms with Crippen molar-refractivity contribution >= 4 is 29.8 Å². The van der Waals surface area contributed by atoms with E-state index in [0.29, 0.717) is 12.2 Å². The van der Waals surface area contributed by atoms with Crippen LogP contribution in [0.4, 0.5) is 5.69 Å². The summed E-state index contributed by atoms with van der Waals surface area (Å²) < 4.78 is 5.81. The van der Waals surface area contributed by atoms with Gasteiger partial charge in [-0.05, 0) is 71.3 Å². The number of amides is 2. The summed E-state index contributed by atoms with van der Waals surface area (Å²) in [6.45, 7) is 0.478. The number of anilines is 1. The second kappa shape index (κ2) is 13.4. The Balaban J connectivity index is 1.42. The molecule has 0 radical (unpaired) electrons. The Morgan fingerprint density at radius 1 is 0.795 bits per heavy atom. The molecule has 0 unspecified atom stereocenters. The van der Waals surface area contributed by atoms with Crippen molar-refractivity contribution in [2.75, 3.05) is 19.0 Å². The highest BCUT2D eigenvalue weighted by molar-refractivity contribution is 6.05. The number of hydrogen-bond acceptors (Lipinski definition) is 5. The van der Waals surface area contributed by atoms with Gasteiger partial charge < -0.3 is 15.0 Å². The molecule has 0 aliphatic rings. The number of nitrogens with zero attached hydrogens (tertiary/aromatic N) is 2. The molecule has 4 rings (SSSR count). The average molecular weight is 519 g/mol. The third-order valence-electron chi connectivity index (χ3n) is 5.76. The van der Waals surface area contributed by atoms with E-state index < -0.39 is 11.8 Å². The van der Waals surface area contributed by atoms with Gasteiger partial charge in [-0.2, -0.15) is 5.10 Å². The third kappa shape index (κ3) is 8.16. The molecule has 7 nitrogen and oxygen atoms in total. The quantitative estimate of drug-likeness (QED) is 0.171. The first-order chi connectivity index (χ1) is 19.0. The number of ether oxygens (including phenoxy) is 1. The van der Waals surface area contributed by atoms with E-state index in [1.54, 1.807) is 30.3 Å². The van der Waals surface area contributed by atoms with E-state index in [0.717, 1.165) is 28.1 Å². The molecule has 0 atom stereocenters. The molecule has 0 fully saturated rings. The van der Waals surface area contributed by atoms with Crippen molar-refractivity contribution in [3.63, 3.8) is 0 Å². The zero-order chi connectivity index (χ0) is 27.5. The van der Waals surface area contributed by atoms with Gasteiger partial charge in [0, 0.05) is 25.3 Å². The topological polar surface area (TPSA) is 83.0 Å². The molecule has 0 spiro atoms. The monoisotopic (exact) mass is 518 g/mol. The Morgan fingerprint density at radius 2 is 1.41 bits per heavy atom. The Morgan fingerprint density at radius 3 is 2.05 bits per heavy atom. The molecule has 0 bridgehead atoms. The summed E-state index contributed by atoms with van der Waals surface area (Å²) in [6, 6.07) is 33.6. The van der Waals surface area contributed by atoms with Crippen LogP contribution in [-0.2, 0) is 11.4 Å². The lowest BCUT2D eigenvalue weighted by atomic mass is 10.1. The van der Waals surface area contributed by atoms with Crippen LogP contribution in [0.25, 0.3) is 6.08 Å². The summed E-state index contributed by atoms with van der Waals surface area (Å²) >= 11 is 0. The summed E-state index contributed by atoms with van der Waals surface area (Å²) in [5.41, 5.74) is 6.67. The zero-order valence-electron chi connectivity index (χ0n) is 21.9. The van der Waals surface area contributed by atoms with Crippen LogP contribution in [-0.4, -0.2) is 32.1 Å². The molecule has 0 aliphatic carbocycles. The highest BCUT2D eigenvalue weighted by Crippen LogP contribution is 2.15. The smallest absolute Gasteiger partial charge is 0.287 e. The SMILES string of the molecule is CN(C)c1ccc(/C=C(\NC(=O)c2ccccc2)C(=O)N/N=C/c2ccc(OCc3ccccc3)cc2)cc1. The highest BCUT2D eigenvalue weighted by atomic mass is 16.5. The molecule has 0 aromatic heterocycles. The van der Waals surface area contributed by atoms with Crippen LogP contribution in [0.2, 0.25) is 0 Å². The molecule has 0 aliphatic heterocycles. The predicted octanol–water partition coefficient (Wildman–Crippen LogP) is 5.25. The van der Waals surface area contributed by atoms with Crippen molar-refractivity contribution < 1.29 is 14.3 Å². The second-order valence-electron chi connectivity index (χ2n) is 8.91. The van der Waals surface area contributed by atoms with Gasteiger partial charge in [-0.3, -0.25) is 9.59 Å². The first-order valence-corrected chi connectivity index (χ1v) is 12.4. The summed E-state index contributed by atoms with van der Waals surface area (Å²) in [4.78, 5) is 27.8. The molecule has 0 saturated carbocycles. The fourth-order valence-corrected chi connectivity index (χ4v) is 3.59. The lowest BCUT2D eigenvalue weighted by Gasteiger charge is -2.12. The van der Waals surface area contributed by atoms with Crippen LogP contribution in [0.1, 0.15) is 27.0 Å². The number of hydrogen-bond donors (Lipinski definition) is 2. The number of hydrazone groups is 1. The number of rotatable bonds is 10.